The van der Waals surface area contributed by atoms with E-state index < -0.39 is 0 Å². The number of fused-ring (bicyclic) bond motifs is 1. The third-order valence-electron chi connectivity index (χ3n) is 5.46. The maximum Gasteiger partial charge on any atom is 0.149 e. The molecule has 2 heterocycles. The van der Waals surface area contributed by atoms with Crippen LogP contribution < -0.4 is 16.0 Å². The molecule has 0 aliphatic carbocycles. The topological polar surface area (TPSA) is 72.8 Å². The number of rotatable bonds is 6. The van der Waals surface area contributed by atoms with Gasteiger partial charge in [-0.3, -0.25) is 0 Å². The van der Waals surface area contributed by atoms with Crippen LogP contribution in [0.3, 0.4) is 0 Å². The van der Waals surface area contributed by atoms with Crippen LogP contribution in [0.2, 0.25) is 0 Å². The van der Waals surface area contributed by atoms with Crippen molar-refractivity contribution in [3.8, 4) is 6.07 Å². The zero-order valence-corrected chi connectivity index (χ0v) is 16.5. The van der Waals surface area contributed by atoms with E-state index in [0.29, 0.717) is 11.5 Å². The lowest BCUT2D eigenvalue weighted by Gasteiger charge is -2.35. The molecule has 0 spiro atoms. The number of hydrogen-bond acceptors (Lipinski definition) is 5. The van der Waals surface area contributed by atoms with Crippen LogP contribution in [0, 0.1) is 11.3 Å². The summed E-state index contributed by atoms with van der Waals surface area (Å²) in [6, 6.07) is 24.9. The lowest BCUT2D eigenvalue weighted by molar-refractivity contribution is 0.453. The van der Waals surface area contributed by atoms with Crippen LogP contribution in [0.5, 0.6) is 0 Å². The zero-order valence-electron chi connectivity index (χ0n) is 16.5. The average Bonchev–Trinajstić information content (AvgIpc) is 2.79. The van der Waals surface area contributed by atoms with E-state index in [4.69, 9.17) is 5.26 Å². The molecule has 29 heavy (non-hydrogen) atoms. The number of nitriles is 1. The van der Waals surface area contributed by atoms with Crippen molar-refractivity contribution in [1.82, 2.24) is 10.3 Å². The fraction of sp³-hybridized carbons (Fsp3) is 0.250. The fourth-order valence-corrected chi connectivity index (χ4v) is 3.77. The van der Waals surface area contributed by atoms with Crippen molar-refractivity contribution in [2.45, 2.75) is 24.9 Å². The van der Waals surface area contributed by atoms with E-state index in [1.54, 1.807) is 0 Å². The van der Waals surface area contributed by atoms with Gasteiger partial charge in [-0.15, -0.1) is 0 Å². The zero-order chi connectivity index (χ0) is 20.1. The highest BCUT2D eigenvalue weighted by atomic mass is 15.2. The van der Waals surface area contributed by atoms with Crippen molar-refractivity contribution >= 4 is 11.5 Å². The molecule has 4 rings (SSSR count). The molecule has 3 aromatic rings. The molecule has 1 unspecified atom stereocenters. The number of nitrogens with zero attached hydrogens (tertiary/aromatic N) is 2. The second-order valence-corrected chi connectivity index (χ2v) is 7.46. The summed E-state index contributed by atoms with van der Waals surface area (Å²) in [6.45, 7) is 3.86. The van der Waals surface area contributed by atoms with Crippen molar-refractivity contribution in [3.63, 3.8) is 0 Å². The van der Waals surface area contributed by atoms with Crippen LogP contribution in [-0.4, -0.2) is 24.1 Å². The Hall–Kier alpha value is -3.36. The van der Waals surface area contributed by atoms with Crippen molar-refractivity contribution in [1.29, 1.82) is 5.26 Å². The van der Waals surface area contributed by atoms with Gasteiger partial charge in [0, 0.05) is 19.3 Å². The Kier molecular flexibility index (Phi) is 5.73. The molecule has 2 aromatic carbocycles. The van der Waals surface area contributed by atoms with E-state index in [0.717, 1.165) is 24.6 Å². The molecule has 1 aromatic heterocycles. The van der Waals surface area contributed by atoms with E-state index in [-0.39, 0.29) is 12.1 Å². The van der Waals surface area contributed by atoms with E-state index in [1.165, 1.54) is 11.1 Å². The summed E-state index contributed by atoms with van der Waals surface area (Å²) in [5.41, 5.74) is 4.21. The molecule has 0 bridgehead atoms. The molecule has 0 saturated carbocycles. The van der Waals surface area contributed by atoms with E-state index >= 15 is 0 Å². The van der Waals surface area contributed by atoms with Crippen molar-refractivity contribution in [2.75, 3.05) is 23.7 Å². The minimum Gasteiger partial charge on any atom is -0.380 e. The standard InChI is InChI=1S/C24H25N5/c1-17(19-11-9-18(14-25)10-12-19)15-28-23(20-6-3-2-4-7-20)22-16-27-21-8-5-13-26-24(21)29-22/h2-13,17,22-23,27-28H,15-16H2,1H3,(H,26,29)/t17?,22-,23+/m0/s1. The van der Waals surface area contributed by atoms with Crippen LogP contribution >= 0.6 is 0 Å². The van der Waals surface area contributed by atoms with Crippen LogP contribution in [0.15, 0.2) is 72.9 Å². The monoisotopic (exact) mass is 383 g/mol. The number of aromatic nitrogens is 1. The van der Waals surface area contributed by atoms with Gasteiger partial charge in [-0.1, -0.05) is 49.4 Å². The molecule has 146 valence electrons. The first-order chi connectivity index (χ1) is 14.2. The molecular weight excluding hydrogens is 358 g/mol. The third kappa shape index (κ3) is 4.39. The Labute approximate surface area is 171 Å². The van der Waals surface area contributed by atoms with Gasteiger partial charge >= 0.3 is 0 Å². The lowest BCUT2D eigenvalue weighted by atomic mass is 9.95. The van der Waals surface area contributed by atoms with Gasteiger partial charge in [-0.2, -0.15) is 5.26 Å². The van der Waals surface area contributed by atoms with E-state index in [1.807, 2.05) is 48.7 Å². The maximum absolute atomic E-state index is 9.00. The Morgan fingerprint density at radius 3 is 2.62 bits per heavy atom. The molecule has 0 radical (unpaired) electrons. The van der Waals surface area contributed by atoms with Gasteiger partial charge in [0.15, 0.2) is 0 Å². The minimum absolute atomic E-state index is 0.139. The highest BCUT2D eigenvalue weighted by Gasteiger charge is 2.27. The fourth-order valence-electron chi connectivity index (χ4n) is 3.77. The van der Waals surface area contributed by atoms with Gasteiger partial charge in [-0.05, 0) is 41.3 Å². The summed E-state index contributed by atoms with van der Waals surface area (Å²) in [7, 11) is 0. The molecule has 5 heteroatoms. The van der Waals surface area contributed by atoms with Crippen LogP contribution in [0.1, 0.15) is 35.6 Å². The lowest BCUT2D eigenvalue weighted by Crippen LogP contribution is -2.45. The van der Waals surface area contributed by atoms with E-state index in [9.17, 15) is 0 Å². The van der Waals surface area contributed by atoms with Crippen LogP contribution in [0.4, 0.5) is 11.5 Å². The first kappa shape index (κ1) is 19.0. The second-order valence-electron chi connectivity index (χ2n) is 7.46. The average molecular weight is 383 g/mol. The molecule has 0 fully saturated rings. The molecule has 0 saturated heterocycles. The Balaban J connectivity index is 1.50. The molecule has 3 N–H and O–H groups in total. The summed E-state index contributed by atoms with van der Waals surface area (Å²) in [6.07, 6.45) is 1.81. The first-order valence-electron chi connectivity index (χ1n) is 9.98. The highest BCUT2D eigenvalue weighted by molar-refractivity contribution is 5.67. The van der Waals surface area contributed by atoms with Gasteiger partial charge in [0.25, 0.3) is 0 Å². The summed E-state index contributed by atoms with van der Waals surface area (Å²) >= 11 is 0. The molecule has 3 atom stereocenters. The Morgan fingerprint density at radius 2 is 1.86 bits per heavy atom. The second kappa shape index (κ2) is 8.76. The molecule has 1 aliphatic rings. The summed E-state index contributed by atoms with van der Waals surface area (Å²) < 4.78 is 0. The minimum atomic E-state index is 0.139. The summed E-state index contributed by atoms with van der Waals surface area (Å²) in [5.74, 6) is 1.22. The number of pyridine rings is 1. The van der Waals surface area contributed by atoms with Crippen molar-refractivity contribution in [3.05, 3.63) is 89.6 Å². The van der Waals surface area contributed by atoms with Gasteiger partial charge in [0.05, 0.1) is 29.4 Å². The molecular formula is C24H25N5. The molecule has 1 aliphatic heterocycles. The van der Waals surface area contributed by atoms with E-state index in [2.05, 4.69) is 58.2 Å². The number of anilines is 2. The SMILES string of the molecule is CC(CN[C@H](c1ccccc1)[C@@H]1CNc2cccnc2N1)c1ccc(C#N)cc1. The quantitative estimate of drug-likeness (QED) is 0.592. The van der Waals surface area contributed by atoms with Gasteiger partial charge < -0.3 is 16.0 Å². The van der Waals surface area contributed by atoms with Gasteiger partial charge in [0.1, 0.15) is 5.82 Å². The molecule has 0 amide bonds. The Bertz CT molecular complexity index is 978. The van der Waals surface area contributed by atoms with Crippen LogP contribution in [0.25, 0.3) is 0 Å². The predicted molar refractivity (Wildman–Crippen MR) is 117 cm³/mol. The Morgan fingerprint density at radius 1 is 1.07 bits per heavy atom. The third-order valence-corrected chi connectivity index (χ3v) is 5.46. The molecule has 5 nitrogen and oxygen atoms in total. The number of hydrogen-bond donors (Lipinski definition) is 3. The van der Waals surface area contributed by atoms with Crippen LogP contribution in [-0.2, 0) is 0 Å². The maximum atomic E-state index is 9.00. The number of nitrogens with one attached hydrogen (secondary N) is 3. The first-order valence-corrected chi connectivity index (χ1v) is 9.98. The number of benzene rings is 2. The smallest absolute Gasteiger partial charge is 0.149 e. The van der Waals surface area contributed by atoms with Gasteiger partial charge in [0.2, 0.25) is 0 Å². The van der Waals surface area contributed by atoms with Crippen molar-refractivity contribution < 1.29 is 0 Å². The highest BCUT2D eigenvalue weighted by Crippen LogP contribution is 2.29. The summed E-state index contributed by atoms with van der Waals surface area (Å²) in [4.78, 5) is 4.48. The van der Waals surface area contributed by atoms with Crippen molar-refractivity contribution in [2.24, 2.45) is 0 Å². The summed E-state index contributed by atoms with van der Waals surface area (Å²) in [5, 5.41) is 19.9. The normalized spacial score (nSPS) is 17.2. The largest absolute Gasteiger partial charge is 0.380 e. The predicted octanol–water partition coefficient (Wildman–Crippen LogP) is 4.29. The van der Waals surface area contributed by atoms with Gasteiger partial charge in [-0.25, -0.2) is 4.98 Å².